The number of aromatic nitrogens is 3. The number of hydrogen-bond donors (Lipinski definition) is 1. The average Bonchev–Trinajstić information content (AvgIpc) is 3.39. The quantitative estimate of drug-likeness (QED) is 0.499. The van der Waals surface area contributed by atoms with Crippen molar-refractivity contribution in [2.75, 3.05) is 6.54 Å². The van der Waals surface area contributed by atoms with Crippen LogP contribution in [0.3, 0.4) is 0 Å². The molecule has 5 rings (SSSR count). The summed E-state index contributed by atoms with van der Waals surface area (Å²) >= 11 is 0. The molecule has 7 atom stereocenters. The second kappa shape index (κ2) is 11.2. The van der Waals surface area contributed by atoms with Gasteiger partial charge in [-0.3, -0.25) is 9.69 Å². The van der Waals surface area contributed by atoms with Gasteiger partial charge >= 0.3 is 0 Å². The van der Waals surface area contributed by atoms with E-state index < -0.39 is 18.3 Å². The highest BCUT2D eigenvalue weighted by Crippen LogP contribution is 2.42. The molecule has 2 saturated heterocycles. The van der Waals surface area contributed by atoms with Crippen molar-refractivity contribution in [2.45, 2.75) is 115 Å². The molecule has 2 aromatic rings. The van der Waals surface area contributed by atoms with E-state index in [0.29, 0.717) is 30.5 Å². The largest absolute Gasteiger partial charge is 0.349 e. The minimum absolute atomic E-state index is 0.0208. The summed E-state index contributed by atoms with van der Waals surface area (Å²) in [6.07, 6.45) is 2.93. The lowest BCUT2D eigenvalue weighted by atomic mass is 9.86. The van der Waals surface area contributed by atoms with Crippen LogP contribution in [0, 0.1) is 12.8 Å². The number of amides is 1. The van der Waals surface area contributed by atoms with Gasteiger partial charge < -0.3 is 9.88 Å². The molecule has 1 aromatic carbocycles. The molecule has 2 bridgehead atoms. The Hall–Kier alpha value is -2.35. The SMILES string of the molecule is Cc1nnc(C(C)C)n1C1C[C@H]2CC[C@@H](C1)N2CC[C@H](NC(=O)C1CCC(F)C(F)C1)c1ccccc1. The first kappa shape index (κ1) is 26.3. The molecule has 2 aliphatic heterocycles. The smallest absolute Gasteiger partial charge is 0.223 e. The minimum Gasteiger partial charge on any atom is -0.349 e. The number of rotatable bonds is 8. The number of halogens is 2. The molecule has 0 spiro atoms. The van der Waals surface area contributed by atoms with Crippen LogP contribution >= 0.6 is 0 Å². The fraction of sp³-hybridized carbons (Fsp3) is 0.690. The van der Waals surface area contributed by atoms with E-state index in [0.717, 1.165) is 43.0 Å². The van der Waals surface area contributed by atoms with Gasteiger partial charge in [-0.15, -0.1) is 10.2 Å². The van der Waals surface area contributed by atoms with Crippen LogP contribution in [0.4, 0.5) is 8.78 Å². The van der Waals surface area contributed by atoms with Crippen molar-refractivity contribution < 1.29 is 13.6 Å². The first-order chi connectivity index (χ1) is 17.8. The number of carbonyl (C=O) groups is 1. The van der Waals surface area contributed by atoms with Crippen molar-refractivity contribution >= 4 is 5.91 Å². The molecular weight excluding hydrogens is 472 g/mol. The molecular formula is C29H41F2N5O. The van der Waals surface area contributed by atoms with E-state index in [1.54, 1.807) is 0 Å². The molecule has 202 valence electrons. The van der Waals surface area contributed by atoms with Gasteiger partial charge in [0.1, 0.15) is 24.0 Å². The van der Waals surface area contributed by atoms with Crippen LogP contribution < -0.4 is 5.32 Å². The molecule has 1 aliphatic carbocycles. The van der Waals surface area contributed by atoms with E-state index in [1.807, 2.05) is 30.3 Å². The molecule has 8 heteroatoms. The minimum atomic E-state index is -1.54. The van der Waals surface area contributed by atoms with Crippen molar-refractivity contribution in [2.24, 2.45) is 5.92 Å². The van der Waals surface area contributed by atoms with Gasteiger partial charge in [-0.05, 0) is 63.9 Å². The Morgan fingerprint density at radius 3 is 2.32 bits per heavy atom. The molecule has 3 fully saturated rings. The maximum absolute atomic E-state index is 14.0. The average molecular weight is 514 g/mol. The summed E-state index contributed by atoms with van der Waals surface area (Å²) < 4.78 is 30.0. The molecule has 1 aromatic heterocycles. The molecule has 37 heavy (non-hydrogen) atoms. The van der Waals surface area contributed by atoms with Gasteiger partial charge in [0.05, 0.1) is 6.04 Å². The molecule has 0 radical (unpaired) electrons. The van der Waals surface area contributed by atoms with Crippen LogP contribution in [0.25, 0.3) is 0 Å². The Bertz CT molecular complexity index is 1050. The molecule has 1 saturated carbocycles. The van der Waals surface area contributed by atoms with Gasteiger partial charge in [0.15, 0.2) is 0 Å². The number of carbonyl (C=O) groups excluding carboxylic acids is 1. The molecule has 3 heterocycles. The van der Waals surface area contributed by atoms with E-state index in [1.165, 1.54) is 12.8 Å². The Morgan fingerprint density at radius 2 is 1.68 bits per heavy atom. The normalized spacial score (nSPS) is 31.0. The van der Waals surface area contributed by atoms with Crippen molar-refractivity contribution in [3.8, 4) is 0 Å². The summed E-state index contributed by atoms with van der Waals surface area (Å²) in [5, 5.41) is 12.1. The van der Waals surface area contributed by atoms with E-state index in [-0.39, 0.29) is 24.8 Å². The molecule has 6 nitrogen and oxygen atoms in total. The fourth-order valence-electron chi connectivity index (χ4n) is 6.94. The Balaban J connectivity index is 1.25. The van der Waals surface area contributed by atoms with E-state index in [9.17, 15) is 13.6 Å². The van der Waals surface area contributed by atoms with Gasteiger partial charge in [0.2, 0.25) is 5.91 Å². The third kappa shape index (κ3) is 5.59. The lowest BCUT2D eigenvalue weighted by Gasteiger charge is -2.40. The van der Waals surface area contributed by atoms with E-state index in [2.05, 4.69) is 45.8 Å². The van der Waals surface area contributed by atoms with Crippen LogP contribution in [0.5, 0.6) is 0 Å². The van der Waals surface area contributed by atoms with Crippen molar-refractivity contribution in [3.63, 3.8) is 0 Å². The Morgan fingerprint density at radius 1 is 0.973 bits per heavy atom. The zero-order valence-corrected chi connectivity index (χ0v) is 22.3. The summed E-state index contributed by atoms with van der Waals surface area (Å²) in [6.45, 7) is 7.33. The second-order valence-electron chi connectivity index (χ2n) is 11.7. The summed E-state index contributed by atoms with van der Waals surface area (Å²) in [5.74, 6) is 1.83. The van der Waals surface area contributed by atoms with Gasteiger partial charge in [0.25, 0.3) is 0 Å². The van der Waals surface area contributed by atoms with Gasteiger partial charge in [-0.1, -0.05) is 44.2 Å². The van der Waals surface area contributed by atoms with Gasteiger partial charge in [0, 0.05) is 36.5 Å². The highest BCUT2D eigenvalue weighted by molar-refractivity contribution is 5.79. The summed E-state index contributed by atoms with van der Waals surface area (Å²) in [6, 6.07) is 11.4. The first-order valence-corrected chi connectivity index (χ1v) is 14.1. The second-order valence-corrected chi connectivity index (χ2v) is 11.7. The number of nitrogens with zero attached hydrogens (tertiary/aromatic N) is 4. The first-order valence-electron chi connectivity index (χ1n) is 14.1. The zero-order valence-electron chi connectivity index (χ0n) is 22.3. The number of benzene rings is 1. The number of piperidine rings is 1. The number of alkyl halides is 2. The summed E-state index contributed by atoms with van der Waals surface area (Å²) in [4.78, 5) is 15.7. The van der Waals surface area contributed by atoms with Crippen molar-refractivity contribution in [1.29, 1.82) is 0 Å². The van der Waals surface area contributed by atoms with Crippen LogP contribution in [-0.4, -0.2) is 56.5 Å². The third-order valence-corrected chi connectivity index (χ3v) is 8.89. The lowest BCUT2D eigenvalue weighted by Crippen LogP contribution is -2.45. The van der Waals surface area contributed by atoms with Gasteiger partial charge in [-0.2, -0.15) is 0 Å². The monoisotopic (exact) mass is 513 g/mol. The zero-order chi connectivity index (χ0) is 26.1. The maximum atomic E-state index is 14.0. The lowest BCUT2D eigenvalue weighted by molar-refractivity contribution is -0.128. The maximum Gasteiger partial charge on any atom is 0.223 e. The third-order valence-electron chi connectivity index (χ3n) is 8.89. The van der Waals surface area contributed by atoms with Crippen LogP contribution in [0.15, 0.2) is 30.3 Å². The van der Waals surface area contributed by atoms with Crippen molar-refractivity contribution in [3.05, 3.63) is 47.5 Å². The summed E-state index contributed by atoms with van der Waals surface area (Å²) in [5.41, 5.74) is 1.07. The Labute approximate surface area is 219 Å². The number of fused-ring (bicyclic) bond motifs is 2. The van der Waals surface area contributed by atoms with Crippen LogP contribution in [-0.2, 0) is 4.79 Å². The Kier molecular flexibility index (Phi) is 7.93. The van der Waals surface area contributed by atoms with E-state index >= 15 is 0 Å². The van der Waals surface area contributed by atoms with Crippen LogP contribution in [0.2, 0.25) is 0 Å². The molecule has 3 aliphatic rings. The van der Waals surface area contributed by atoms with Gasteiger partial charge in [-0.25, -0.2) is 8.78 Å². The number of nitrogens with one attached hydrogen (secondary N) is 1. The van der Waals surface area contributed by atoms with E-state index in [4.69, 9.17) is 0 Å². The predicted octanol–water partition coefficient (Wildman–Crippen LogP) is 5.60. The predicted molar refractivity (Wildman–Crippen MR) is 140 cm³/mol. The fourth-order valence-corrected chi connectivity index (χ4v) is 6.94. The molecule has 4 unspecified atom stereocenters. The molecule has 1 N–H and O–H groups in total. The topological polar surface area (TPSA) is 63.1 Å². The van der Waals surface area contributed by atoms with Crippen LogP contribution in [0.1, 0.15) is 100 Å². The summed E-state index contributed by atoms with van der Waals surface area (Å²) in [7, 11) is 0. The number of aryl methyl sites for hydroxylation is 1. The van der Waals surface area contributed by atoms with Crippen molar-refractivity contribution in [1.82, 2.24) is 25.0 Å². The molecule has 1 amide bonds. The number of hydrogen-bond acceptors (Lipinski definition) is 4. The standard InChI is InChI=1S/C29H41F2N5O/c1-18(2)28-34-33-19(3)36(28)24-16-22-10-11-23(17-24)35(22)14-13-27(20-7-5-4-6-8-20)32-29(37)21-9-12-25(30)26(31)15-21/h4-8,18,21-27H,9-17H2,1-3H3,(H,32,37)/t21?,22-,23+,24?,25?,26?,27-/m0/s1. The highest BCUT2D eigenvalue weighted by atomic mass is 19.2. The highest BCUT2D eigenvalue weighted by Gasteiger charge is 2.42.